The maximum absolute atomic E-state index is 12.5. The first-order chi connectivity index (χ1) is 15.1. The predicted molar refractivity (Wildman–Crippen MR) is 133 cm³/mol. The maximum Gasteiger partial charge on any atom is 0.313 e. The molecule has 2 fully saturated rings. The Kier molecular flexibility index (Phi) is 8.21. The second kappa shape index (κ2) is 10.5. The Hall–Kier alpha value is -1.65. The molecular formula is C28H44N2O2. The Bertz CT molecular complexity index is 770. The van der Waals surface area contributed by atoms with Gasteiger partial charge in [-0.25, -0.2) is 0 Å². The van der Waals surface area contributed by atoms with E-state index in [0.29, 0.717) is 30.6 Å². The van der Waals surface area contributed by atoms with Crippen LogP contribution in [0.3, 0.4) is 0 Å². The van der Waals surface area contributed by atoms with Crippen LogP contribution in [0.4, 0.5) is 0 Å². The van der Waals surface area contributed by atoms with Gasteiger partial charge in [-0.1, -0.05) is 48.9 Å². The molecule has 4 heteroatoms. The molecule has 2 aliphatic carbocycles. The van der Waals surface area contributed by atoms with Gasteiger partial charge in [0.15, 0.2) is 0 Å². The molecule has 2 aliphatic rings. The average Bonchev–Trinajstić information content (AvgIpc) is 3.50. The molecule has 1 aromatic rings. The molecule has 0 unspecified atom stereocenters. The lowest BCUT2D eigenvalue weighted by Crippen LogP contribution is -2.46. The van der Waals surface area contributed by atoms with Crippen molar-refractivity contribution < 1.29 is 9.53 Å². The number of ether oxygens (including phenoxy) is 1. The lowest BCUT2D eigenvalue weighted by molar-refractivity contribution is -0.165. The summed E-state index contributed by atoms with van der Waals surface area (Å²) in [5.41, 5.74) is 1.95. The van der Waals surface area contributed by atoms with Gasteiger partial charge in [0.25, 0.3) is 0 Å². The fourth-order valence-electron chi connectivity index (χ4n) is 4.68. The van der Waals surface area contributed by atoms with Gasteiger partial charge in [0.1, 0.15) is 5.60 Å². The summed E-state index contributed by atoms with van der Waals surface area (Å²) in [7, 11) is 0. The first-order valence-electron chi connectivity index (χ1n) is 12.6. The molecule has 0 amide bonds. The quantitative estimate of drug-likeness (QED) is 0.482. The summed E-state index contributed by atoms with van der Waals surface area (Å²) in [5.74, 6) is 0.577. The molecule has 0 aromatic heterocycles. The number of carbonyl (C=O) groups is 1. The van der Waals surface area contributed by atoms with Crippen molar-refractivity contribution in [3.63, 3.8) is 0 Å². The van der Waals surface area contributed by atoms with Gasteiger partial charge in [0.2, 0.25) is 0 Å². The smallest absolute Gasteiger partial charge is 0.313 e. The molecule has 0 radical (unpaired) electrons. The van der Waals surface area contributed by atoms with Crippen LogP contribution in [0.15, 0.2) is 35.9 Å². The van der Waals surface area contributed by atoms with E-state index in [4.69, 9.17) is 4.74 Å². The second-order valence-electron chi connectivity index (χ2n) is 11.4. The molecule has 0 spiro atoms. The summed E-state index contributed by atoms with van der Waals surface area (Å²) >= 11 is 0. The molecule has 2 atom stereocenters. The lowest BCUT2D eigenvalue weighted by atomic mass is 9.88. The highest BCUT2D eigenvalue weighted by Crippen LogP contribution is 2.40. The summed E-state index contributed by atoms with van der Waals surface area (Å²) in [6, 6.07) is 12.5. The second-order valence-corrected chi connectivity index (χ2v) is 11.4. The number of benzene rings is 1. The third kappa shape index (κ3) is 7.45. The Morgan fingerprint density at radius 1 is 1.03 bits per heavy atom. The zero-order chi connectivity index (χ0) is 23.4. The van der Waals surface area contributed by atoms with Crippen molar-refractivity contribution in [3.05, 3.63) is 41.5 Å². The highest BCUT2D eigenvalue weighted by molar-refractivity contribution is 5.76. The molecule has 2 saturated carbocycles. The first kappa shape index (κ1) is 25.0. The molecule has 4 nitrogen and oxygen atoms in total. The lowest BCUT2D eigenvalue weighted by Gasteiger charge is -2.33. The minimum Gasteiger partial charge on any atom is -0.460 e. The van der Waals surface area contributed by atoms with Gasteiger partial charge in [0.05, 0.1) is 5.41 Å². The van der Waals surface area contributed by atoms with Gasteiger partial charge < -0.3 is 15.4 Å². The predicted octanol–water partition coefficient (Wildman–Crippen LogP) is 5.73. The molecule has 0 heterocycles. The maximum atomic E-state index is 12.5. The zero-order valence-corrected chi connectivity index (χ0v) is 21.0. The molecule has 0 saturated heterocycles. The van der Waals surface area contributed by atoms with Crippen LogP contribution in [-0.2, 0) is 9.53 Å². The summed E-state index contributed by atoms with van der Waals surface area (Å²) in [6.07, 6.45) is 9.53. The number of rotatable bonds is 9. The van der Waals surface area contributed by atoms with Crippen molar-refractivity contribution in [2.75, 3.05) is 6.54 Å². The summed E-state index contributed by atoms with van der Waals surface area (Å²) in [5, 5.41) is 7.58. The standard InChI is InChI=1S/C28H44N2O2/c1-7-21(17-20-11-9-8-10-12-20)24-18-25(24)30-23-15-13-22(14-16-23)29-19-28(5,6)26(31)32-27(2,3)4/h8-12,17,22-25,29-30H,7,13-16,18-19H2,1-6H3/b21-17+/t22-,23-,24-,25+/m0/s1. The Morgan fingerprint density at radius 3 is 2.25 bits per heavy atom. The summed E-state index contributed by atoms with van der Waals surface area (Å²) in [4.78, 5) is 12.5. The van der Waals surface area contributed by atoms with Crippen molar-refractivity contribution in [2.24, 2.45) is 11.3 Å². The molecule has 2 N–H and O–H groups in total. The highest BCUT2D eigenvalue weighted by atomic mass is 16.6. The van der Waals surface area contributed by atoms with Crippen molar-refractivity contribution in [3.8, 4) is 0 Å². The highest BCUT2D eigenvalue weighted by Gasteiger charge is 2.40. The third-order valence-corrected chi connectivity index (χ3v) is 6.79. The van der Waals surface area contributed by atoms with Crippen LogP contribution < -0.4 is 10.6 Å². The minimum atomic E-state index is -0.509. The molecule has 3 rings (SSSR count). The van der Waals surface area contributed by atoms with Crippen LogP contribution in [0.25, 0.3) is 6.08 Å². The van der Waals surface area contributed by atoms with Gasteiger partial charge >= 0.3 is 5.97 Å². The van der Waals surface area contributed by atoms with E-state index in [-0.39, 0.29) is 5.97 Å². The van der Waals surface area contributed by atoms with Crippen LogP contribution in [0.1, 0.15) is 85.6 Å². The van der Waals surface area contributed by atoms with Gasteiger partial charge in [-0.15, -0.1) is 0 Å². The number of esters is 1. The van der Waals surface area contributed by atoms with E-state index in [1.54, 1.807) is 5.57 Å². The van der Waals surface area contributed by atoms with E-state index in [0.717, 1.165) is 6.42 Å². The first-order valence-corrected chi connectivity index (χ1v) is 12.6. The number of hydrogen-bond donors (Lipinski definition) is 2. The molecule has 178 valence electrons. The molecule has 0 aliphatic heterocycles. The third-order valence-electron chi connectivity index (χ3n) is 6.79. The fourth-order valence-corrected chi connectivity index (χ4v) is 4.68. The zero-order valence-electron chi connectivity index (χ0n) is 21.0. The largest absolute Gasteiger partial charge is 0.460 e. The van der Waals surface area contributed by atoms with Crippen LogP contribution in [0.2, 0.25) is 0 Å². The Labute approximate surface area is 195 Å². The number of hydrogen-bond acceptors (Lipinski definition) is 4. The van der Waals surface area contributed by atoms with Crippen molar-refractivity contribution in [1.82, 2.24) is 10.6 Å². The van der Waals surface area contributed by atoms with E-state index in [2.05, 4.69) is 54.0 Å². The van der Waals surface area contributed by atoms with Crippen LogP contribution in [-0.4, -0.2) is 36.2 Å². The normalized spacial score (nSPS) is 26.6. The summed E-state index contributed by atoms with van der Waals surface area (Å²) in [6.45, 7) is 12.7. The Morgan fingerprint density at radius 2 is 1.66 bits per heavy atom. The molecular weight excluding hydrogens is 396 g/mol. The molecule has 1 aromatic carbocycles. The molecule has 0 bridgehead atoms. The average molecular weight is 441 g/mol. The number of nitrogens with one attached hydrogen (secondary N) is 2. The van der Waals surface area contributed by atoms with Crippen molar-refractivity contribution in [2.45, 2.75) is 104 Å². The topological polar surface area (TPSA) is 50.4 Å². The monoisotopic (exact) mass is 440 g/mol. The van der Waals surface area contributed by atoms with Crippen LogP contribution in [0, 0.1) is 11.3 Å². The van der Waals surface area contributed by atoms with Crippen molar-refractivity contribution >= 4 is 12.0 Å². The summed E-state index contributed by atoms with van der Waals surface area (Å²) < 4.78 is 5.59. The van der Waals surface area contributed by atoms with Crippen LogP contribution >= 0.6 is 0 Å². The van der Waals surface area contributed by atoms with E-state index < -0.39 is 11.0 Å². The van der Waals surface area contributed by atoms with Gasteiger partial charge in [-0.3, -0.25) is 4.79 Å². The molecule has 32 heavy (non-hydrogen) atoms. The van der Waals surface area contributed by atoms with Crippen LogP contribution in [0.5, 0.6) is 0 Å². The Balaban J connectivity index is 1.39. The fraction of sp³-hybridized carbons (Fsp3) is 0.679. The van der Waals surface area contributed by atoms with E-state index in [9.17, 15) is 4.79 Å². The van der Waals surface area contributed by atoms with E-state index >= 15 is 0 Å². The van der Waals surface area contributed by atoms with Gasteiger partial charge in [-0.05, 0) is 84.6 Å². The minimum absolute atomic E-state index is 0.122. The SMILES string of the molecule is CC/C(=C\c1ccccc1)[C@@H]1C[C@H]1N[C@H]1CC[C@H](NCC(C)(C)C(=O)OC(C)(C)C)CC1. The van der Waals surface area contributed by atoms with E-state index in [1.807, 2.05) is 34.6 Å². The van der Waals surface area contributed by atoms with E-state index in [1.165, 1.54) is 37.7 Å². The van der Waals surface area contributed by atoms with Crippen molar-refractivity contribution in [1.29, 1.82) is 0 Å². The van der Waals surface area contributed by atoms with Gasteiger partial charge in [-0.2, -0.15) is 0 Å². The number of carbonyl (C=O) groups excluding carboxylic acids is 1. The van der Waals surface area contributed by atoms with Gasteiger partial charge in [0, 0.05) is 24.7 Å².